The van der Waals surface area contributed by atoms with Crippen LogP contribution in [0.3, 0.4) is 0 Å². The Balaban J connectivity index is 2.45. The Morgan fingerprint density at radius 3 is 2.67 bits per heavy atom. The molecule has 1 fully saturated rings. The highest BCUT2D eigenvalue weighted by Crippen LogP contribution is 2.22. The Labute approximate surface area is 55.6 Å². The van der Waals surface area contributed by atoms with Crippen molar-refractivity contribution in [3.05, 3.63) is 0 Å². The van der Waals surface area contributed by atoms with Crippen molar-refractivity contribution in [3.8, 4) is 0 Å². The number of nitrogens with one attached hydrogen (secondary N) is 1. The maximum absolute atomic E-state index is 12.3. The van der Waals surface area contributed by atoms with Gasteiger partial charge in [-0.3, -0.25) is 0 Å². The van der Waals surface area contributed by atoms with Gasteiger partial charge in [0.1, 0.15) is 6.67 Å². The molecule has 0 spiro atoms. The molecular formula is C7H14FN. The van der Waals surface area contributed by atoms with E-state index in [-0.39, 0.29) is 12.2 Å². The normalized spacial score (nSPS) is 35.3. The van der Waals surface area contributed by atoms with E-state index in [0.717, 1.165) is 25.8 Å². The average molecular weight is 131 g/mol. The highest BCUT2D eigenvalue weighted by Gasteiger charge is 2.30. The molecule has 1 heterocycles. The first-order valence-corrected chi connectivity index (χ1v) is 3.64. The minimum atomic E-state index is -0.205. The van der Waals surface area contributed by atoms with Crippen molar-refractivity contribution in [1.29, 1.82) is 0 Å². The molecule has 0 aromatic carbocycles. The van der Waals surface area contributed by atoms with Crippen LogP contribution in [0.2, 0.25) is 0 Å². The zero-order valence-electron chi connectivity index (χ0n) is 5.91. The molecule has 0 saturated carbocycles. The van der Waals surface area contributed by atoms with E-state index < -0.39 is 0 Å². The lowest BCUT2D eigenvalue weighted by Crippen LogP contribution is -2.41. The zero-order chi connectivity index (χ0) is 6.74. The fraction of sp³-hybridized carbons (Fsp3) is 1.00. The molecule has 9 heavy (non-hydrogen) atoms. The molecule has 54 valence electrons. The first-order chi connectivity index (χ1) is 4.33. The summed E-state index contributed by atoms with van der Waals surface area (Å²) in [5.74, 6) is 0. The van der Waals surface area contributed by atoms with Crippen molar-refractivity contribution in [2.75, 3.05) is 13.2 Å². The number of rotatable bonds is 2. The number of hydrogen-bond acceptors (Lipinski definition) is 1. The van der Waals surface area contributed by atoms with E-state index in [9.17, 15) is 4.39 Å². The highest BCUT2D eigenvalue weighted by molar-refractivity contribution is 4.90. The fourth-order valence-electron chi connectivity index (χ4n) is 1.38. The minimum absolute atomic E-state index is 0.139. The minimum Gasteiger partial charge on any atom is -0.309 e. The number of alkyl halides is 1. The monoisotopic (exact) mass is 131 g/mol. The van der Waals surface area contributed by atoms with Gasteiger partial charge in [-0.05, 0) is 25.8 Å². The predicted molar refractivity (Wildman–Crippen MR) is 36.2 cm³/mol. The first-order valence-electron chi connectivity index (χ1n) is 3.64. The molecule has 0 aliphatic carbocycles. The third-order valence-corrected chi connectivity index (χ3v) is 2.26. The predicted octanol–water partition coefficient (Wildman–Crippen LogP) is 1.49. The standard InChI is InChI=1S/C7H14FN/c1-2-7(6-8)4-3-5-9-7/h9H,2-6H2,1H3. The van der Waals surface area contributed by atoms with Gasteiger partial charge in [-0.15, -0.1) is 0 Å². The summed E-state index contributed by atoms with van der Waals surface area (Å²) in [5.41, 5.74) is -0.139. The summed E-state index contributed by atoms with van der Waals surface area (Å²) in [4.78, 5) is 0. The Morgan fingerprint density at radius 2 is 2.44 bits per heavy atom. The molecule has 2 heteroatoms. The molecule has 0 bridgehead atoms. The van der Waals surface area contributed by atoms with Crippen LogP contribution < -0.4 is 5.32 Å². The second-order valence-corrected chi connectivity index (χ2v) is 2.80. The SMILES string of the molecule is CCC1(CF)CCCN1. The molecule has 1 aliphatic rings. The topological polar surface area (TPSA) is 12.0 Å². The highest BCUT2D eigenvalue weighted by atomic mass is 19.1. The van der Waals surface area contributed by atoms with Gasteiger partial charge < -0.3 is 5.32 Å². The van der Waals surface area contributed by atoms with Crippen LogP contribution >= 0.6 is 0 Å². The van der Waals surface area contributed by atoms with Gasteiger partial charge in [0.2, 0.25) is 0 Å². The van der Waals surface area contributed by atoms with E-state index in [1.165, 1.54) is 0 Å². The Morgan fingerprint density at radius 1 is 1.67 bits per heavy atom. The van der Waals surface area contributed by atoms with E-state index in [2.05, 4.69) is 5.32 Å². The Kier molecular flexibility index (Phi) is 2.06. The van der Waals surface area contributed by atoms with Gasteiger partial charge in [0.05, 0.1) is 0 Å². The van der Waals surface area contributed by atoms with Crippen LogP contribution in [0.1, 0.15) is 26.2 Å². The van der Waals surface area contributed by atoms with E-state index in [0.29, 0.717) is 0 Å². The second kappa shape index (κ2) is 2.65. The molecule has 1 nitrogen and oxygen atoms in total. The van der Waals surface area contributed by atoms with Crippen LogP contribution in [0.25, 0.3) is 0 Å². The van der Waals surface area contributed by atoms with E-state index in [1.54, 1.807) is 0 Å². The van der Waals surface area contributed by atoms with E-state index in [1.807, 2.05) is 6.92 Å². The lowest BCUT2D eigenvalue weighted by atomic mass is 9.96. The smallest absolute Gasteiger partial charge is 0.108 e. The summed E-state index contributed by atoms with van der Waals surface area (Å²) < 4.78 is 12.3. The largest absolute Gasteiger partial charge is 0.309 e. The van der Waals surface area contributed by atoms with Crippen molar-refractivity contribution in [1.82, 2.24) is 5.32 Å². The van der Waals surface area contributed by atoms with Crippen LogP contribution in [0.15, 0.2) is 0 Å². The molecule has 0 radical (unpaired) electrons. The molecule has 0 aromatic rings. The summed E-state index contributed by atoms with van der Waals surface area (Å²) in [6.07, 6.45) is 3.07. The van der Waals surface area contributed by atoms with Gasteiger partial charge in [0.25, 0.3) is 0 Å². The van der Waals surface area contributed by atoms with Crippen LogP contribution in [0.5, 0.6) is 0 Å². The molecule has 1 rings (SSSR count). The molecule has 0 aromatic heterocycles. The van der Waals surface area contributed by atoms with Crippen molar-refractivity contribution in [2.45, 2.75) is 31.7 Å². The Hall–Kier alpha value is -0.110. The lowest BCUT2D eigenvalue weighted by molar-refractivity contribution is 0.267. The van der Waals surface area contributed by atoms with Crippen molar-refractivity contribution < 1.29 is 4.39 Å². The van der Waals surface area contributed by atoms with Gasteiger partial charge in [0.15, 0.2) is 0 Å². The fourth-order valence-corrected chi connectivity index (χ4v) is 1.38. The second-order valence-electron chi connectivity index (χ2n) is 2.80. The molecule has 1 N–H and O–H groups in total. The quantitative estimate of drug-likeness (QED) is 0.598. The molecule has 1 unspecified atom stereocenters. The maximum atomic E-state index is 12.3. The van der Waals surface area contributed by atoms with Gasteiger partial charge >= 0.3 is 0 Å². The molecule has 0 amide bonds. The van der Waals surface area contributed by atoms with Gasteiger partial charge in [0, 0.05) is 5.54 Å². The van der Waals surface area contributed by atoms with E-state index >= 15 is 0 Å². The van der Waals surface area contributed by atoms with Crippen LogP contribution in [-0.4, -0.2) is 18.8 Å². The van der Waals surface area contributed by atoms with Crippen molar-refractivity contribution >= 4 is 0 Å². The maximum Gasteiger partial charge on any atom is 0.108 e. The van der Waals surface area contributed by atoms with Gasteiger partial charge in [-0.1, -0.05) is 6.92 Å². The van der Waals surface area contributed by atoms with Crippen molar-refractivity contribution in [3.63, 3.8) is 0 Å². The number of hydrogen-bond donors (Lipinski definition) is 1. The molecular weight excluding hydrogens is 117 g/mol. The zero-order valence-corrected chi connectivity index (χ0v) is 5.91. The van der Waals surface area contributed by atoms with Crippen LogP contribution in [0, 0.1) is 0 Å². The van der Waals surface area contributed by atoms with Gasteiger partial charge in [-0.25, -0.2) is 4.39 Å². The summed E-state index contributed by atoms with van der Waals surface area (Å²) in [5, 5.41) is 3.19. The number of halogens is 1. The molecule has 1 aliphatic heterocycles. The van der Waals surface area contributed by atoms with Crippen LogP contribution in [-0.2, 0) is 0 Å². The van der Waals surface area contributed by atoms with Crippen molar-refractivity contribution in [2.24, 2.45) is 0 Å². The summed E-state index contributed by atoms with van der Waals surface area (Å²) in [6, 6.07) is 0. The summed E-state index contributed by atoms with van der Waals surface area (Å²) in [6.45, 7) is 2.83. The summed E-state index contributed by atoms with van der Waals surface area (Å²) >= 11 is 0. The average Bonchev–Trinajstić information content (AvgIpc) is 2.36. The third-order valence-electron chi connectivity index (χ3n) is 2.26. The Bertz CT molecular complexity index is 80.9. The van der Waals surface area contributed by atoms with Gasteiger partial charge in [-0.2, -0.15) is 0 Å². The third kappa shape index (κ3) is 1.23. The first kappa shape index (κ1) is 7.00. The molecule has 1 atom stereocenters. The summed E-state index contributed by atoms with van der Waals surface area (Å²) in [7, 11) is 0. The van der Waals surface area contributed by atoms with Crippen LogP contribution in [0.4, 0.5) is 4.39 Å². The van der Waals surface area contributed by atoms with E-state index in [4.69, 9.17) is 0 Å². The lowest BCUT2D eigenvalue weighted by Gasteiger charge is -2.23. The molecule has 1 saturated heterocycles.